The van der Waals surface area contributed by atoms with Crippen molar-refractivity contribution in [2.75, 3.05) is 7.11 Å². The molecule has 3 aromatic carbocycles. The van der Waals surface area contributed by atoms with Crippen LogP contribution >= 0.6 is 15.9 Å². The van der Waals surface area contributed by atoms with Crippen LogP contribution in [0.2, 0.25) is 0 Å². The van der Waals surface area contributed by atoms with Crippen molar-refractivity contribution in [1.29, 1.82) is 0 Å². The van der Waals surface area contributed by atoms with Crippen LogP contribution in [0.3, 0.4) is 0 Å². The number of fused-ring (bicyclic) bond motifs is 1. The van der Waals surface area contributed by atoms with E-state index < -0.39 is 12.0 Å². The number of methoxy groups -OCH3 is 1. The lowest BCUT2D eigenvalue weighted by molar-refractivity contribution is -0.142. The van der Waals surface area contributed by atoms with E-state index in [1.807, 2.05) is 60.7 Å². The summed E-state index contributed by atoms with van der Waals surface area (Å²) < 4.78 is 5.79. The van der Waals surface area contributed by atoms with E-state index in [0.29, 0.717) is 12.0 Å². The monoisotopic (exact) mass is 411 g/mol. The molecule has 1 amide bonds. The maximum atomic E-state index is 12.8. The second kappa shape index (κ2) is 8.15. The molecule has 1 N–H and O–H groups in total. The van der Waals surface area contributed by atoms with Crippen molar-refractivity contribution in [2.45, 2.75) is 12.5 Å². The van der Waals surface area contributed by atoms with Gasteiger partial charge in [0, 0.05) is 16.5 Å². The zero-order valence-electron chi connectivity index (χ0n) is 14.2. The SMILES string of the molecule is COC(=O)[C@@H](Cc1cccc(Br)c1)NC(=O)c1cccc2ccccc12. The van der Waals surface area contributed by atoms with Gasteiger partial charge in [-0.2, -0.15) is 0 Å². The van der Waals surface area contributed by atoms with E-state index in [2.05, 4.69) is 21.2 Å². The maximum Gasteiger partial charge on any atom is 0.328 e. The summed E-state index contributed by atoms with van der Waals surface area (Å²) in [4.78, 5) is 25.0. The van der Waals surface area contributed by atoms with Crippen molar-refractivity contribution in [2.24, 2.45) is 0 Å². The minimum absolute atomic E-state index is 0.299. The molecule has 0 aliphatic rings. The Morgan fingerprint density at radius 2 is 1.77 bits per heavy atom. The highest BCUT2D eigenvalue weighted by molar-refractivity contribution is 9.10. The number of amides is 1. The van der Waals surface area contributed by atoms with Crippen molar-refractivity contribution in [3.05, 3.63) is 82.3 Å². The number of esters is 1. The number of ether oxygens (including phenoxy) is 1. The first-order chi connectivity index (χ1) is 12.6. The van der Waals surface area contributed by atoms with Gasteiger partial charge in [0.25, 0.3) is 5.91 Å². The van der Waals surface area contributed by atoms with Crippen molar-refractivity contribution in [3.63, 3.8) is 0 Å². The molecular weight excluding hydrogens is 394 g/mol. The first-order valence-corrected chi connectivity index (χ1v) is 8.98. The number of hydrogen-bond donors (Lipinski definition) is 1. The van der Waals surface area contributed by atoms with E-state index in [9.17, 15) is 9.59 Å². The Hall–Kier alpha value is -2.66. The zero-order valence-corrected chi connectivity index (χ0v) is 15.8. The van der Waals surface area contributed by atoms with Gasteiger partial charge in [-0.25, -0.2) is 4.79 Å². The molecule has 0 unspecified atom stereocenters. The number of benzene rings is 3. The fourth-order valence-corrected chi connectivity index (χ4v) is 3.34. The number of hydrogen-bond acceptors (Lipinski definition) is 3. The average Bonchev–Trinajstić information content (AvgIpc) is 2.66. The first kappa shape index (κ1) is 18.1. The fourth-order valence-electron chi connectivity index (χ4n) is 2.89. The predicted octanol–water partition coefficient (Wildman–Crippen LogP) is 4.12. The molecule has 3 aromatic rings. The molecule has 0 radical (unpaired) electrons. The summed E-state index contributed by atoms with van der Waals surface area (Å²) in [6.07, 6.45) is 0.350. The number of carbonyl (C=O) groups excluding carboxylic acids is 2. The highest BCUT2D eigenvalue weighted by Gasteiger charge is 2.23. The molecule has 0 spiro atoms. The summed E-state index contributed by atoms with van der Waals surface area (Å²) in [5.41, 5.74) is 1.46. The summed E-state index contributed by atoms with van der Waals surface area (Å²) >= 11 is 3.42. The van der Waals surface area contributed by atoms with Crippen LogP contribution in [-0.2, 0) is 16.0 Å². The molecule has 0 aliphatic heterocycles. The molecule has 5 heteroatoms. The average molecular weight is 412 g/mol. The molecule has 0 saturated heterocycles. The Balaban J connectivity index is 1.86. The third-order valence-electron chi connectivity index (χ3n) is 4.15. The molecule has 0 bridgehead atoms. The van der Waals surface area contributed by atoms with Crippen LogP contribution in [0.15, 0.2) is 71.2 Å². The van der Waals surface area contributed by atoms with E-state index in [-0.39, 0.29) is 5.91 Å². The smallest absolute Gasteiger partial charge is 0.328 e. The third-order valence-corrected chi connectivity index (χ3v) is 4.65. The number of rotatable bonds is 5. The van der Waals surface area contributed by atoms with Crippen LogP contribution in [0.1, 0.15) is 15.9 Å². The summed E-state index contributed by atoms with van der Waals surface area (Å²) in [6, 6.07) is 20.1. The molecule has 26 heavy (non-hydrogen) atoms. The third kappa shape index (κ3) is 4.11. The molecule has 0 saturated carbocycles. The van der Waals surface area contributed by atoms with Gasteiger partial charge in [0.1, 0.15) is 6.04 Å². The Bertz CT molecular complexity index is 949. The highest BCUT2D eigenvalue weighted by atomic mass is 79.9. The van der Waals surface area contributed by atoms with Crippen LogP contribution < -0.4 is 5.32 Å². The molecule has 3 rings (SSSR count). The molecule has 0 heterocycles. The van der Waals surface area contributed by atoms with Gasteiger partial charge in [-0.15, -0.1) is 0 Å². The summed E-state index contributed by atoms with van der Waals surface area (Å²) in [6.45, 7) is 0. The second-order valence-electron chi connectivity index (χ2n) is 5.91. The zero-order chi connectivity index (χ0) is 18.5. The molecular formula is C21H18BrNO3. The van der Waals surface area contributed by atoms with Crippen LogP contribution in [0.5, 0.6) is 0 Å². The van der Waals surface area contributed by atoms with E-state index in [1.54, 1.807) is 6.07 Å². The fraction of sp³-hybridized carbons (Fsp3) is 0.143. The lowest BCUT2D eigenvalue weighted by atomic mass is 10.0. The van der Waals surface area contributed by atoms with Crippen molar-refractivity contribution in [3.8, 4) is 0 Å². The summed E-state index contributed by atoms with van der Waals surface area (Å²) in [7, 11) is 1.32. The van der Waals surface area contributed by atoms with E-state index in [0.717, 1.165) is 20.8 Å². The number of carbonyl (C=O) groups is 2. The maximum absolute atomic E-state index is 12.8. The molecule has 0 aromatic heterocycles. The van der Waals surface area contributed by atoms with Crippen LogP contribution in [0.4, 0.5) is 0 Å². The van der Waals surface area contributed by atoms with Gasteiger partial charge in [-0.05, 0) is 34.5 Å². The van der Waals surface area contributed by atoms with Gasteiger partial charge >= 0.3 is 5.97 Å². The quantitative estimate of drug-likeness (QED) is 0.642. The predicted molar refractivity (Wildman–Crippen MR) is 105 cm³/mol. The topological polar surface area (TPSA) is 55.4 Å². The Labute approximate surface area is 160 Å². The molecule has 0 aliphatic carbocycles. The Morgan fingerprint density at radius 3 is 2.54 bits per heavy atom. The van der Waals surface area contributed by atoms with Crippen LogP contribution in [-0.4, -0.2) is 25.0 Å². The van der Waals surface area contributed by atoms with Gasteiger partial charge in [-0.1, -0.05) is 64.5 Å². The largest absolute Gasteiger partial charge is 0.467 e. The van der Waals surface area contributed by atoms with Crippen LogP contribution in [0.25, 0.3) is 10.8 Å². The van der Waals surface area contributed by atoms with Gasteiger partial charge in [0.2, 0.25) is 0 Å². The highest BCUT2D eigenvalue weighted by Crippen LogP contribution is 2.19. The Morgan fingerprint density at radius 1 is 1.04 bits per heavy atom. The molecule has 1 atom stereocenters. The molecule has 4 nitrogen and oxygen atoms in total. The lowest BCUT2D eigenvalue weighted by Gasteiger charge is -2.17. The lowest BCUT2D eigenvalue weighted by Crippen LogP contribution is -2.43. The standard InChI is InChI=1S/C21H18BrNO3/c1-26-21(25)19(13-14-6-4-9-16(22)12-14)23-20(24)18-11-5-8-15-7-2-3-10-17(15)18/h2-12,19H,13H2,1H3,(H,23,24)/t19-/m1/s1. The second-order valence-corrected chi connectivity index (χ2v) is 6.83. The van der Waals surface area contributed by atoms with Gasteiger partial charge in [-0.3, -0.25) is 4.79 Å². The summed E-state index contributed by atoms with van der Waals surface area (Å²) in [5.74, 6) is -0.772. The van der Waals surface area contributed by atoms with Gasteiger partial charge in [0.15, 0.2) is 0 Å². The van der Waals surface area contributed by atoms with E-state index in [1.165, 1.54) is 7.11 Å². The molecule has 0 fully saturated rings. The summed E-state index contributed by atoms with van der Waals surface area (Å²) in [5, 5.41) is 4.64. The minimum Gasteiger partial charge on any atom is -0.467 e. The van der Waals surface area contributed by atoms with Gasteiger partial charge < -0.3 is 10.1 Å². The van der Waals surface area contributed by atoms with Crippen molar-refractivity contribution < 1.29 is 14.3 Å². The van der Waals surface area contributed by atoms with E-state index >= 15 is 0 Å². The van der Waals surface area contributed by atoms with Crippen molar-refractivity contribution in [1.82, 2.24) is 5.32 Å². The number of halogens is 1. The minimum atomic E-state index is -0.763. The van der Waals surface area contributed by atoms with Crippen molar-refractivity contribution >= 4 is 38.6 Å². The van der Waals surface area contributed by atoms with Gasteiger partial charge in [0.05, 0.1) is 7.11 Å². The Kier molecular flexibility index (Phi) is 5.68. The van der Waals surface area contributed by atoms with E-state index in [4.69, 9.17) is 4.74 Å². The normalized spacial score (nSPS) is 11.8. The molecule has 132 valence electrons. The first-order valence-electron chi connectivity index (χ1n) is 8.19. The van der Waals surface area contributed by atoms with Crippen LogP contribution in [0, 0.1) is 0 Å². The number of nitrogens with one attached hydrogen (secondary N) is 1.